The third kappa shape index (κ3) is 3.99. The Morgan fingerprint density at radius 3 is 2.71 bits per heavy atom. The molecule has 1 aromatic carbocycles. The van der Waals surface area contributed by atoms with Crippen molar-refractivity contribution < 1.29 is 19.2 Å². The molecule has 2 N–H and O–H groups in total. The number of nitrogens with zero attached hydrogens (tertiary/aromatic N) is 1. The lowest BCUT2D eigenvalue weighted by atomic mass is 10.2. The van der Waals surface area contributed by atoms with Crippen molar-refractivity contribution in [1.29, 1.82) is 0 Å². The van der Waals surface area contributed by atoms with Crippen LogP contribution in [0.5, 0.6) is 0 Å². The lowest BCUT2D eigenvalue weighted by Gasteiger charge is -2.05. The van der Waals surface area contributed by atoms with Crippen LogP contribution < -0.4 is 5.32 Å². The molecule has 0 fully saturated rings. The predicted octanol–water partition coefficient (Wildman–Crippen LogP) is 3.03. The number of nitro benzene ring substituents is 1. The Kier molecular flexibility index (Phi) is 4.49. The molecule has 0 unspecified atom stereocenters. The van der Waals surface area contributed by atoms with E-state index in [0.717, 1.165) is 23.1 Å². The summed E-state index contributed by atoms with van der Waals surface area (Å²) in [6.45, 7) is 0.259. The second-order valence-corrected chi connectivity index (χ2v) is 5.46. The smallest absolute Gasteiger partial charge is 0.308 e. The fourth-order valence-corrected chi connectivity index (χ4v) is 2.70. The van der Waals surface area contributed by atoms with E-state index in [-0.39, 0.29) is 24.3 Å². The number of hydrogen-bond donors (Lipinski definition) is 2. The zero-order chi connectivity index (χ0) is 15.4. The van der Waals surface area contributed by atoms with Crippen molar-refractivity contribution in [2.75, 3.05) is 5.32 Å². The maximum atomic E-state index is 13.2. The summed E-state index contributed by atoms with van der Waals surface area (Å²) in [7, 11) is 0. The summed E-state index contributed by atoms with van der Waals surface area (Å²) in [5.41, 5.74) is -0.119. The predicted molar refractivity (Wildman–Crippen MR) is 76.0 cm³/mol. The van der Waals surface area contributed by atoms with E-state index in [2.05, 4.69) is 5.32 Å². The van der Waals surface area contributed by atoms with E-state index >= 15 is 0 Å². The Morgan fingerprint density at radius 1 is 1.33 bits per heavy atom. The molecule has 8 heteroatoms. The van der Waals surface area contributed by atoms with Crippen LogP contribution in [0.1, 0.15) is 9.75 Å². The molecular weight excluding hydrogens is 299 g/mol. The van der Waals surface area contributed by atoms with Crippen molar-refractivity contribution in [3.63, 3.8) is 0 Å². The SMILES string of the molecule is O=C(O)Cc1ccc(CNc2cc(F)ccc2[N+](=O)[O-])s1. The van der Waals surface area contributed by atoms with Gasteiger partial charge in [0.1, 0.15) is 11.5 Å². The number of rotatable bonds is 6. The van der Waals surface area contributed by atoms with Crippen LogP contribution >= 0.6 is 11.3 Å². The third-order valence-electron chi connectivity index (χ3n) is 2.65. The Morgan fingerprint density at radius 2 is 2.05 bits per heavy atom. The van der Waals surface area contributed by atoms with Gasteiger partial charge in [0.15, 0.2) is 0 Å². The van der Waals surface area contributed by atoms with Gasteiger partial charge in [0.05, 0.1) is 11.3 Å². The molecule has 110 valence electrons. The monoisotopic (exact) mass is 310 g/mol. The van der Waals surface area contributed by atoms with E-state index in [1.165, 1.54) is 11.3 Å². The number of nitro groups is 1. The summed E-state index contributed by atoms with van der Waals surface area (Å²) in [6, 6.07) is 6.61. The van der Waals surface area contributed by atoms with Crippen LogP contribution in [0.2, 0.25) is 0 Å². The number of carboxylic acid groups (broad SMARTS) is 1. The van der Waals surface area contributed by atoms with E-state index < -0.39 is 16.7 Å². The molecule has 0 spiro atoms. The van der Waals surface area contributed by atoms with E-state index in [4.69, 9.17) is 5.11 Å². The largest absolute Gasteiger partial charge is 0.481 e. The van der Waals surface area contributed by atoms with Gasteiger partial charge in [0.2, 0.25) is 0 Å². The average Bonchev–Trinajstić information content (AvgIpc) is 2.82. The Labute approximate surface area is 123 Å². The van der Waals surface area contributed by atoms with Crippen LogP contribution in [0.4, 0.5) is 15.8 Å². The van der Waals surface area contributed by atoms with Gasteiger partial charge in [-0.25, -0.2) is 4.39 Å². The van der Waals surface area contributed by atoms with Crippen molar-refractivity contribution in [3.8, 4) is 0 Å². The number of aliphatic carboxylic acids is 1. The topological polar surface area (TPSA) is 92.5 Å². The van der Waals surface area contributed by atoms with Crippen molar-refractivity contribution in [1.82, 2.24) is 0 Å². The molecular formula is C13H11FN2O4S. The summed E-state index contributed by atoms with van der Waals surface area (Å²) in [5, 5.41) is 22.3. The number of hydrogen-bond acceptors (Lipinski definition) is 5. The summed E-state index contributed by atoms with van der Waals surface area (Å²) < 4.78 is 13.2. The van der Waals surface area contributed by atoms with Gasteiger partial charge >= 0.3 is 5.97 Å². The molecule has 6 nitrogen and oxygen atoms in total. The number of halogens is 1. The molecule has 0 aliphatic rings. The summed E-state index contributed by atoms with van der Waals surface area (Å²) in [4.78, 5) is 22.3. The summed E-state index contributed by atoms with van der Waals surface area (Å²) in [5.74, 6) is -1.49. The first-order valence-electron chi connectivity index (χ1n) is 5.93. The standard InChI is InChI=1S/C13H11FN2O4S/c14-8-1-4-12(16(19)20)11(5-8)15-7-10-3-2-9(21-10)6-13(17)18/h1-5,15H,6-7H2,(H,17,18). The lowest BCUT2D eigenvalue weighted by Crippen LogP contribution is -2.02. The second kappa shape index (κ2) is 6.31. The fourth-order valence-electron chi connectivity index (χ4n) is 1.75. The molecule has 0 amide bonds. The molecule has 0 bridgehead atoms. The van der Waals surface area contributed by atoms with Gasteiger partial charge in [-0.15, -0.1) is 11.3 Å². The highest BCUT2D eigenvalue weighted by molar-refractivity contribution is 7.12. The summed E-state index contributed by atoms with van der Waals surface area (Å²) >= 11 is 1.29. The van der Waals surface area contributed by atoms with E-state index in [9.17, 15) is 19.3 Å². The van der Waals surface area contributed by atoms with E-state index in [1.807, 2.05) is 0 Å². The maximum Gasteiger partial charge on any atom is 0.308 e. The molecule has 2 rings (SSSR count). The van der Waals surface area contributed by atoms with Crippen LogP contribution in [0.3, 0.4) is 0 Å². The fraction of sp³-hybridized carbons (Fsp3) is 0.154. The van der Waals surface area contributed by atoms with E-state index in [0.29, 0.717) is 4.88 Å². The van der Waals surface area contributed by atoms with Crippen LogP contribution in [0.25, 0.3) is 0 Å². The van der Waals surface area contributed by atoms with Crippen LogP contribution in [0, 0.1) is 15.9 Å². The van der Waals surface area contributed by atoms with Crippen molar-refractivity contribution >= 4 is 28.7 Å². The van der Waals surface area contributed by atoms with Gasteiger partial charge in [0.25, 0.3) is 5.69 Å². The summed E-state index contributed by atoms with van der Waals surface area (Å²) in [6.07, 6.45) is -0.0647. The quantitative estimate of drug-likeness (QED) is 0.632. The van der Waals surface area contributed by atoms with Crippen molar-refractivity contribution in [2.45, 2.75) is 13.0 Å². The molecule has 0 aliphatic carbocycles. The molecule has 0 atom stereocenters. The van der Waals surface area contributed by atoms with E-state index in [1.54, 1.807) is 12.1 Å². The van der Waals surface area contributed by atoms with Gasteiger partial charge in [-0.3, -0.25) is 14.9 Å². The zero-order valence-corrected chi connectivity index (χ0v) is 11.5. The molecule has 0 radical (unpaired) electrons. The number of nitrogens with one attached hydrogen (secondary N) is 1. The van der Waals surface area contributed by atoms with Gasteiger partial charge in [-0.1, -0.05) is 0 Å². The zero-order valence-electron chi connectivity index (χ0n) is 10.7. The Balaban J connectivity index is 2.09. The minimum absolute atomic E-state index is 0.0647. The lowest BCUT2D eigenvalue weighted by molar-refractivity contribution is -0.384. The number of anilines is 1. The van der Waals surface area contributed by atoms with Gasteiger partial charge in [-0.05, 0) is 18.2 Å². The van der Waals surface area contributed by atoms with Crippen molar-refractivity contribution in [3.05, 3.63) is 56.0 Å². The number of thiophene rings is 1. The van der Waals surface area contributed by atoms with Gasteiger partial charge < -0.3 is 10.4 Å². The average molecular weight is 310 g/mol. The van der Waals surface area contributed by atoms with Crippen molar-refractivity contribution in [2.24, 2.45) is 0 Å². The molecule has 0 saturated carbocycles. The van der Waals surface area contributed by atoms with Crippen LogP contribution in [-0.4, -0.2) is 16.0 Å². The Bertz CT molecular complexity index is 687. The van der Waals surface area contributed by atoms with Gasteiger partial charge in [0, 0.05) is 28.4 Å². The molecule has 1 aromatic heterocycles. The highest BCUT2D eigenvalue weighted by Crippen LogP contribution is 2.26. The minimum atomic E-state index is -0.919. The minimum Gasteiger partial charge on any atom is -0.481 e. The first kappa shape index (κ1) is 14.9. The Hall–Kier alpha value is -2.48. The molecule has 0 saturated heterocycles. The van der Waals surface area contributed by atoms with Crippen LogP contribution in [0.15, 0.2) is 30.3 Å². The first-order valence-corrected chi connectivity index (χ1v) is 6.74. The molecule has 21 heavy (non-hydrogen) atoms. The van der Waals surface area contributed by atoms with Gasteiger partial charge in [-0.2, -0.15) is 0 Å². The molecule has 2 aromatic rings. The number of carboxylic acids is 1. The highest BCUT2D eigenvalue weighted by atomic mass is 32.1. The second-order valence-electron chi connectivity index (χ2n) is 4.21. The first-order chi connectivity index (χ1) is 9.95. The molecule has 0 aliphatic heterocycles. The highest BCUT2D eigenvalue weighted by Gasteiger charge is 2.14. The molecule has 1 heterocycles. The maximum absolute atomic E-state index is 13.2. The number of benzene rings is 1. The number of carbonyl (C=O) groups is 1. The third-order valence-corrected chi connectivity index (χ3v) is 3.74. The normalized spacial score (nSPS) is 10.3. The van der Waals surface area contributed by atoms with Crippen LogP contribution in [-0.2, 0) is 17.8 Å².